The third kappa shape index (κ3) is 5.71. The fraction of sp³-hybridized carbons (Fsp3) is 0.400. The Morgan fingerprint density at radius 1 is 1.00 bits per heavy atom. The van der Waals surface area contributed by atoms with E-state index in [2.05, 4.69) is 48.7 Å². The van der Waals surface area contributed by atoms with Gasteiger partial charge >= 0.3 is 0 Å². The first-order valence-electron chi connectivity index (χ1n) is 8.56. The van der Waals surface area contributed by atoms with Crippen molar-refractivity contribution in [3.63, 3.8) is 0 Å². The Morgan fingerprint density at radius 3 is 2.16 bits per heavy atom. The van der Waals surface area contributed by atoms with Gasteiger partial charge < -0.3 is 10.6 Å². The van der Waals surface area contributed by atoms with Gasteiger partial charge in [-0.25, -0.2) is 0 Å². The van der Waals surface area contributed by atoms with Crippen LogP contribution in [0.3, 0.4) is 0 Å². The van der Waals surface area contributed by atoms with E-state index in [0.29, 0.717) is 5.92 Å². The van der Waals surface area contributed by atoms with Crippen molar-refractivity contribution >= 4 is 23.2 Å². The van der Waals surface area contributed by atoms with Crippen LogP contribution in [0.5, 0.6) is 0 Å². The molecule has 0 saturated heterocycles. The average Bonchev–Trinajstić information content (AvgIpc) is 3.08. The zero-order valence-corrected chi connectivity index (χ0v) is 16.0. The number of amides is 2. The molecule has 1 heterocycles. The number of thiophene rings is 1. The minimum atomic E-state index is -0.284. The highest BCUT2D eigenvalue weighted by molar-refractivity contribution is 7.10. The van der Waals surface area contributed by atoms with Crippen molar-refractivity contribution < 1.29 is 9.59 Å². The van der Waals surface area contributed by atoms with Crippen LogP contribution in [-0.2, 0) is 9.59 Å². The lowest BCUT2D eigenvalue weighted by atomic mass is 9.99. The van der Waals surface area contributed by atoms with Crippen molar-refractivity contribution in [3.8, 4) is 0 Å². The van der Waals surface area contributed by atoms with Gasteiger partial charge in [-0.05, 0) is 35.4 Å². The molecule has 25 heavy (non-hydrogen) atoms. The Balaban J connectivity index is 1.98. The molecular weight excluding hydrogens is 332 g/mol. The number of rotatable bonds is 7. The van der Waals surface area contributed by atoms with Gasteiger partial charge in [0.2, 0.25) is 11.8 Å². The zero-order chi connectivity index (χ0) is 18.4. The van der Waals surface area contributed by atoms with Gasteiger partial charge in [-0.3, -0.25) is 9.59 Å². The highest BCUT2D eigenvalue weighted by Crippen LogP contribution is 2.23. The quantitative estimate of drug-likeness (QED) is 0.774. The molecule has 4 nitrogen and oxygen atoms in total. The van der Waals surface area contributed by atoms with Gasteiger partial charge in [0.15, 0.2) is 0 Å². The predicted octanol–water partition coefficient (Wildman–Crippen LogP) is 4.32. The summed E-state index contributed by atoms with van der Waals surface area (Å²) in [6.07, 6.45) is 0.231. The second kappa shape index (κ2) is 8.81. The number of nitrogens with one attached hydrogen (secondary N) is 2. The van der Waals surface area contributed by atoms with E-state index in [0.717, 1.165) is 10.4 Å². The Labute approximate surface area is 153 Å². The van der Waals surface area contributed by atoms with Crippen molar-refractivity contribution in [1.82, 2.24) is 10.6 Å². The molecule has 0 radical (unpaired) electrons. The molecule has 2 amide bonds. The molecule has 0 aliphatic heterocycles. The van der Waals surface area contributed by atoms with Crippen LogP contribution in [0.15, 0.2) is 41.8 Å². The van der Waals surface area contributed by atoms with Crippen LogP contribution in [0, 0.1) is 0 Å². The van der Waals surface area contributed by atoms with Crippen molar-refractivity contribution in [2.75, 3.05) is 0 Å². The maximum absolute atomic E-state index is 12.4. The summed E-state index contributed by atoms with van der Waals surface area (Å²) in [5.41, 5.74) is 2.36. The molecule has 0 fully saturated rings. The molecule has 134 valence electrons. The summed E-state index contributed by atoms with van der Waals surface area (Å²) in [5, 5.41) is 7.83. The molecule has 2 unspecified atom stereocenters. The lowest BCUT2D eigenvalue weighted by molar-refractivity contribution is -0.123. The maximum Gasteiger partial charge on any atom is 0.222 e. The maximum atomic E-state index is 12.4. The average molecular weight is 359 g/mol. The molecule has 0 spiro atoms. The van der Waals surface area contributed by atoms with E-state index in [1.807, 2.05) is 24.4 Å². The van der Waals surface area contributed by atoms with Gasteiger partial charge in [-0.1, -0.05) is 44.2 Å². The lowest BCUT2D eigenvalue weighted by Gasteiger charge is -2.19. The molecule has 1 aromatic heterocycles. The first kappa shape index (κ1) is 19.2. The van der Waals surface area contributed by atoms with E-state index >= 15 is 0 Å². The topological polar surface area (TPSA) is 58.2 Å². The second-order valence-electron chi connectivity index (χ2n) is 6.58. The summed E-state index contributed by atoms with van der Waals surface area (Å²) in [6.45, 7) is 7.76. The van der Waals surface area contributed by atoms with Gasteiger partial charge in [0.25, 0.3) is 0 Å². The molecular formula is C20H26N2O2S. The highest BCUT2D eigenvalue weighted by atomic mass is 32.1. The third-order valence-electron chi connectivity index (χ3n) is 4.13. The molecule has 2 rings (SSSR count). The molecule has 0 aliphatic rings. The van der Waals surface area contributed by atoms with Crippen molar-refractivity contribution in [2.24, 2.45) is 0 Å². The summed E-state index contributed by atoms with van der Waals surface area (Å²) in [5.74, 6) is 0.277. The van der Waals surface area contributed by atoms with Crippen LogP contribution in [0.4, 0.5) is 0 Å². The second-order valence-corrected chi connectivity index (χ2v) is 7.56. The Morgan fingerprint density at radius 2 is 1.64 bits per heavy atom. The number of carbonyl (C=O) groups excluding carboxylic acids is 2. The molecule has 0 aliphatic carbocycles. The number of hydrogen-bond donors (Lipinski definition) is 2. The largest absolute Gasteiger partial charge is 0.350 e. The highest BCUT2D eigenvalue weighted by Gasteiger charge is 2.19. The predicted molar refractivity (Wildman–Crippen MR) is 103 cm³/mol. The monoisotopic (exact) mass is 358 g/mol. The minimum absolute atomic E-state index is 0.0740. The first-order valence-corrected chi connectivity index (χ1v) is 9.44. The first-order chi connectivity index (χ1) is 11.9. The van der Waals surface area contributed by atoms with Crippen LogP contribution < -0.4 is 10.6 Å². The van der Waals surface area contributed by atoms with Crippen molar-refractivity contribution in [1.29, 1.82) is 0 Å². The molecule has 0 saturated carbocycles. The number of benzene rings is 1. The Kier molecular flexibility index (Phi) is 6.76. The summed E-state index contributed by atoms with van der Waals surface area (Å²) < 4.78 is 0. The fourth-order valence-electron chi connectivity index (χ4n) is 2.70. The van der Waals surface area contributed by atoms with Crippen LogP contribution in [0.25, 0.3) is 0 Å². The van der Waals surface area contributed by atoms with Crippen LogP contribution >= 0.6 is 11.3 Å². The van der Waals surface area contributed by atoms with E-state index < -0.39 is 0 Å². The Bertz CT molecular complexity index is 693. The zero-order valence-electron chi connectivity index (χ0n) is 15.2. The van der Waals surface area contributed by atoms with Crippen molar-refractivity contribution in [2.45, 2.75) is 52.1 Å². The smallest absolute Gasteiger partial charge is 0.222 e. The molecule has 2 N–H and O–H groups in total. The number of carbonyl (C=O) groups is 2. The third-order valence-corrected chi connectivity index (χ3v) is 5.12. The SMILES string of the molecule is CC(=O)NC(CC(=O)NC(C)c1ccc(C(C)C)cc1)c1cccs1. The lowest BCUT2D eigenvalue weighted by Crippen LogP contribution is -2.33. The summed E-state index contributed by atoms with van der Waals surface area (Å²) in [4.78, 5) is 24.8. The van der Waals surface area contributed by atoms with Crippen LogP contribution in [-0.4, -0.2) is 11.8 Å². The summed E-state index contributed by atoms with van der Waals surface area (Å²) in [7, 11) is 0. The summed E-state index contributed by atoms with van der Waals surface area (Å²) in [6, 6.07) is 11.8. The fourth-order valence-corrected chi connectivity index (χ4v) is 3.47. The normalized spacial score (nSPS) is 13.3. The Hall–Kier alpha value is -2.14. The van der Waals surface area contributed by atoms with Gasteiger partial charge in [0.05, 0.1) is 18.5 Å². The molecule has 0 bridgehead atoms. The minimum Gasteiger partial charge on any atom is -0.350 e. The van der Waals surface area contributed by atoms with Gasteiger partial charge in [0, 0.05) is 11.8 Å². The van der Waals surface area contributed by atoms with E-state index in [1.54, 1.807) is 0 Å². The molecule has 5 heteroatoms. The molecule has 2 aromatic rings. The van der Waals surface area contributed by atoms with Gasteiger partial charge in [-0.2, -0.15) is 0 Å². The van der Waals surface area contributed by atoms with E-state index in [9.17, 15) is 9.59 Å². The molecule has 2 atom stereocenters. The van der Waals surface area contributed by atoms with E-state index in [4.69, 9.17) is 0 Å². The van der Waals surface area contributed by atoms with E-state index in [-0.39, 0.29) is 30.3 Å². The van der Waals surface area contributed by atoms with E-state index in [1.165, 1.54) is 23.8 Å². The number of hydrogen-bond acceptors (Lipinski definition) is 3. The van der Waals surface area contributed by atoms with Gasteiger partial charge in [-0.15, -0.1) is 11.3 Å². The molecule has 1 aromatic carbocycles. The van der Waals surface area contributed by atoms with Crippen LogP contribution in [0.1, 0.15) is 68.1 Å². The summed E-state index contributed by atoms with van der Waals surface area (Å²) >= 11 is 1.54. The standard InChI is InChI=1S/C20H26N2O2S/c1-13(2)16-7-9-17(10-8-16)14(3)21-20(24)12-18(22-15(4)23)19-6-5-11-25-19/h5-11,13-14,18H,12H2,1-4H3,(H,21,24)(H,22,23). The van der Waals surface area contributed by atoms with Gasteiger partial charge in [0.1, 0.15) is 0 Å². The van der Waals surface area contributed by atoms with Crippen LogP contribution in [0.2, 0.25) is 0 Å². The van der Waals surface area contributed by atoms with Crippen molar-refractivity contribution in [3.05, 3.63) is 57.8 Å².